The van der Waals surface area contributed by atoms with Gasteiger partial charge in [-0.2, -0.15) is 0 Å². The van der Waals surface area contributed by atoms with E-state index < -0.39 is 0 Å². The minimum Gasteiger partial charge on any atom is -0.493 e. The lowest BCUT2D eigenvalue weighted by Crippen LogP contribution is -2.29. The third-order valence-corrected chi connectivity index (χ3v) is 5.38. The second-order valence-electron chi connectivity index (χ2n) is 7.15. The van der Waals surface area contributed by atoms with Crippen molar-refractivity contribution in [3.8, 4) is 23.0 Å². The molecular formula is C23H31NO5. The minimum absolute atomic E-state index is 0.118. The maximum Gasteiger partial charge on any atom is 0.161 e. The average Bonchev–Trinajstić information content (AvgIpc) is 2.97. The number of likely N-dealkylation sites (N-methyl/N-ethyl adjacent to an activating group) is 1. The SMILES string of the molecule is COc1ccc(CCN(C)C2OCCCc3cc(OC)c(OC)cc32)cc1OC. The Labute approximate surface area is 173 Å². The molecule has 0 fully saturated rings. The molecule has 29 heavy (non-hydrogen) atoms. The van der Waals surface area contributed by atoms with Crippen LogP contribution in [0.2, 0.25) is 0 Å². The van der Waals surface area contributed by atoms with Gasteiger partial charge < -0.3 is 23.7 Å². The Kier molecular flexibility index (Phi) is 7.23. The molecule has 0 aromatic heterocycles. The highest BCUT2D eigenvalue weighted by Crippen LogP contribution is 2.37. The molecule has 0 radical (unpaired) electrons. The zero-order valence-corrected chi connectivity index (χ0v) is 18.0. The van der Waals surface area contributed by atoms with Crippen molar-refractivity contribution in [2.75, 3.05) is 48.6 Å². The predicted octanol–water partition coefficient (Wildman–Crippen LogP) is 3.86. The van der Waals surface area contributed by atoms with Crippen LogP contribution in [0.15, 0.2) is 30.3 Å². The molecule has 0 N–H and O–H groups in total. The molecule has 3 rings (SSSR count). The fourth-order valence-corrected chi connectivity index (χ4v) is 3.75. The molecule has 2 aromatic rings. The fourth-order valence-electron chi connectivity index (χ4n) is 3.75. The number of hydrogen-bond acceptors (Lipinski definition) is 6. The molecule has 1 unspecified atom stereocenters. The maximum atomic E-state index is 6.22. The number of benzene rings is 2. The van der Waals surface area contributed by atoms with Crippen LogP contribution in [0.25, 0.3) is 0 Å². The van der Waals surface area contributed by atoms with E-state index in [2.05, 4.69) is 30.1 Å². The van der Waals surface area contributed by atoms with Crippen molar-refractivity contribution in [2.24, 2.45) is 0 Å². The van der Waals surface area contributed by atoms with E-state index in [-0.39, 0.29) is 6.23 Å². The molecule has 1 heterocycles. The summed E-state index contributed by atoms with van der Waals surface area (Å²) in [5.41, 5.74) is 3.59. The second-order valence-corrected chi connectivity index (χ2v) is 7.15. The van der Waals surface area contributed by atoms with Gasteiger partial charge in [0, 0.05) is 18.7 Å². The Morgan fingerprint density at radius 3 is 2.24 bits per heavy atom. The topological polar surface area (TPSA) is 49.4 Å². The number of nitrogens with zero attached hydrogens (tertiary/aromatic N) is 1. The zero-order chi connectivity index (χ0) is 20.8. The van der Waals surface area contributed by atoms with Gasteiger partial charge in [0.2, 0.25) is 0 Å². The Morgan fingerprint density at radius 2 is 1.55 bits per heavy atom. The average molecular weight is 402 g/mol. The normalized spacial score (nSPS) is 16.1. The van der Waals surface area contributed by atoms with E-state index in [0.29, 0.717) is 0 Å². The molecule has 1 atom stereocenters. The lowest BCUT2D eigenvalue weighted by atomic mass is 10.0. The van der Waals surface area contributed by atoms with E-state index in [9.17, 15) is 0 Å². The Hall–Kier alpha value is -2.44. The minimum atomic E-state index is -0.118. The van der Waals surface area contributed by atoms with Gasteiger partial charge in [-0.1, -0.05) is 6.07 Å². The van der Waals surface area contributed by atoms with Crippen LogP contribution < -0.4 is 18.9 Å². The molecule has 2 aromatic carbocycles. The maximum absolute atomic E-state index is 6.22. The second kappa shape index (κ2) is 9.85. The van der Waals surface area contributed by atoms with Gasteiger partial charge >= 0.3 is 0 Å². The van der Waals surface area contributed by atoms with E-state index in [1.807, 2.05) is 12.1 Å². The van der Waals surface area contributed by atoms with Crippen molar-refractivity contribution in [2.45, 2.75) is 25.5 Å². The fraction of sp³-hybridized carbons (Fsp3) is 0.478. The molecule has 6 heteroatoms. The van der Waals surface area contributed by atoms with Gasteiger partial charge in [0.1, 0.15) is 6.23 Å². The number of ether oxygens (including phenoxy) is 5. The van der Waals surface area contributed by atoms with Crippen LogP contribution in [0.1, 0.15) is 29.3 Å². The molecule has 0 amide bonds. The summed E-state index contributed by atoms with van der Waals surface area (Å²) >= 11 is 0. The Balaban J connectivity index is 1.78. The van der Waals surface area contributed by atoms with Crippen LogP contribution in [0.3, 0.4) is 0 Å². The van der Waals surface area contributed by atoms with Crippen molar-refractivity contribution < 1.29 is 23.7 Å². The van der Waals surface area contributed by atoms with E-state index in [4.69, 9.17) is 23.7 Å². The zero-order valence-electron chi connectivity index (χ0n) is 18.0. The Bertz CT molecular complexity index is 823. The monoisotopic (exact) mass is 401 g/mol. The first-order valence-electron chi connectivity index (χ1n) is 9.88. The van der Waals surface area contributed by atoms with Gasteiger partial charge in [0.15, 0.2) is 23.0 Å². The summed E-state index contributed by atoms with van der Waals surface area (Å²) < 4.78 is 28.0. The van der Waals surface area contributed by atoms with Crippen molar-refractivity contribution in [3.05, 3.63) is 47.0 Å². The molecule has 1 aliphatic heterocycles. The molecule has 158 valence electrons. The highest BCUT2D eigenvalue weighted by atomic mass is 16.5. The van der Waals surface area contributed by atoms with E-state index >= 15 is 0 Å². The molecule has 0 saturated heterocycles. The summed E-state index contributed by atoms with van der Waals surface area (Å²) in [7, 11) is 8.74. The summed E-state index contributed by atoms with van der Waals surface area (Å²) in [6, 6.07) is 10.2. The molecule has 0 saturated carbocycles. The van der Waals surface area contributed by atoms with Gasteiger partial charge in [-0.3, -0.25) is 4.90 Å². The van der Waals surface area contributed by atoms with Crippen molar-refractivity contribution in [3.63, 3.8) is 0 Å². The predicted molar refractivity (Wildman–Crippen MR) is 112 cm³/mol. The van der Waals surface area contributed by atoms with Crippen LogP contribution in [0, 0.1) is 0 Å². The molecule has 1 aliphatic rings. The van der Waals surface area contributed by atoms with Crippen LogP contribution in [0.5, 0.6) is 23.0 Å². The molecule has 0 aliphatic carbocycles. The number of fused-ring (bicyclic) bond motifs is 1. The first kappa shape index (κ1) is 21.3. The van der Waals surface area contributed by atoms with Crippen molar-refractivity contribution in [1.82, 2.24) is 4.90 Å². The highest BCUT2D eigenvalue weighted by molar-refractivity contribution is 5.48. The lowest BCUT2D eigenvalue weighted by Gasteiger charge is -2.29. The Morgan fingerprint density at radius 1 is 0.897 bits per heavy atom. The quantitative estimate of drug-likeness (QED) is 0.670. The summed E-state index contributed by atoms with van der Waals surface area (Å²) in [5, 5.41) is 0. The summed E-state index contributed by atoms with van der Waals surface area (Å²) in [6.45, 7) is 1.57. The molecule has 0 bridgehead atoms. The number of hydrogen-bond donors (Lipinski definition) is 0. The van der Waals surface area contributed by atoms with Crippen molar-refractivity contribution >= 4 is 0 Å². The van der Waals surface area contributed by atoms with Gasteiger partial charge in [0.05, 0.1) is 28.4 Å². The number of methoxy groups -OCH3 is 4. The van der Waals surface area contributed by atoms with Crippen molar-refractivity contribution in [1.29, 1.82) is 0 Å². The van der Waals surface area contributed by atoms with Gasteiger partial charge in [-0.25, -0.2) is 0 Å². The molecule has 0 spiro atoms. The third-order valence-electron chi connectivity index (χ3n) is 5.38. The van der Waals surface area contributed by atoms with Gasteiger partial charge in [0.25, 0.3) is 0 Å². The lowest BCUT2D eigenvalue weighted by molar-refractivity contribution is -0.0469. The van der Waals surface area contributed by atoms with Gasteiger partial charge in [-0.15, -0.1) is 0 Å². The van der Waals surface area contributed by atoms with Crippen LogP contribution >= 0.6 is 0 Å². The first-order valence-corrected chi connectivity index (χ1v) is 9.88. The molecular weight excluding hydrogens is 370 g/mol. The number of rotatable bonds is 8. The smallest absolute Gasteiger partial charge is 0.161 e. The van der Waals surface area contributed by atoms with E-state index in [1.165, 1.54) is 11.1 Å². The van der Waals surface area contributed by atoms with Gasteiger partial charge in [-0.05, 0) is 61.7 Å². The standard InChI is InChI=1S/C23H31NO5/c1-24(11-10-16-8-9-19(25-2)20(13-16)26-3)23-18-15-22(28-5)21(27-4)14-17(18)7-6-12-29-23/h8-9,13-15,23H,6-7,10-12H2,1-5H3. The first-order chi connectivity index (χ1) is 14.1. The molecule has 6 nitrogen and oxygen atoms in total. The summed E-state index contributed by atoms with van der Waals surface area (Å²) in [6.07, 6.45) is 2.71. The summed E-state index contributed by atoms with van der Waals surface area (Å²) in [4.78, 5) is 2.24. The van der Waals surface area contributed by atoms with Crippen LogP contribution in [0.4, 0.5) is 0 Å². The van der Waals surface area contributed by atoms with Crippen LogP contribution in [-0.2, 0) is 17.6 Å². The highest BCUT2D eigenvalue weighted by Gasteiger charge is 2.25. The third kappa shape index (κ3) is 4.77. The van der Waals surface area contributed by atoms with E-state index in [0.717, 1.165) is 61.0 Å². The van der Waals surface area contributed by atoms with E-state index in [1.54, 1.807) is 28.4 Å². The largest absolute Gasteiger partial charge is 0.493 e. The summed E-state index contributed by atoms with van der Waals surface area (Å²) in [5.74, 6) is 2.99. The van der Waals surface area contributed by atoms with Crippen LogP contribution in [-0.4, -0.2) is 53.5 Å². The number of aryl methyl sites for hydroxylation is 1.